The van der Waals surface area contributed by atoms with Gasteiger partial charge in [-0.1, -0.05) is 95.4 Å². The highest BCUT2D eigenvalue weighted by Crippen LogP contribution is 2.44. The maximum absolute atomic E-state index is 5.83. The number of halogens is 1. The Morgan fingerprint density at radius 1 is 0.583 bits per heavy atom. The quantitative estimate of drug-likeness (QED) is 0.182. The number of unbranched alkanes of at least 4 members (excludes halogenated alkanes) is 3. The summed E-state index contributed by atoms with van der Waals surface area (Å²) < 4.78 is 0. The molecule has 0 atom stereocenters. The number of aryl methyl sites for hydroxylation is 1. The minimum Gasteiger partial charge on any atom is -0.127 e. The Morgan fingerprint density at radius 3 is 1.64 bits per heavy atom. The van der Waals surface area contributed by atoms with E-state index in [0.717, 1.165) is 47.8 Å². The molecule has 0 bridgehead atoms. The molecule has 0 aliphatic heterocycles. The van der Waals surface area contributed by atoms with Crippen LogP contribution in [-0.2, 0) is 6.42 Å². The van der Waals surface area contributed by atoms with E-state index < -0.39 is 0 Å². The predicted molar refractivity (Wildman–Crippen MR) is 159 cm³/mol. The molecule has 0 amide bonds. The van der Waals surface area contributed by atoms with Crippen LogP contribution in [-0.4, -0.2) is 5.88 Å². The van der Waals surface area contributed by atoms with Crippen LogP contribution in [0.2, 0.25) is 0 Å². The van der Waals surface area contributed by atoms with Gasteiger partial charge in [0.1, 0.15) is 0 Å². The van der Waals surface area contributed by atoms with Crippen molar-refractivity contribution in [2.75, 3.05) is 5.88 Å². The largest absolute Gasteiger partial charge is 0.127 e. The third kappa shape index (κ3) is 9.06. The highest BCUT2D eigenvalue weighted by atomic mass is 35.5. The smallest absolute Gasteiger partial charge is 0.0223 e. The van der Waals surface area contributed by atoms with Gasteiger partial charge in [0.15, 0.2) is 0 Å². The third-order valence-electron chi connectivity index (χ3n) is 10.8. The van der Waals surface area contributed by atoms with E-state index in [-0.39, 0.29) is 0 Å². The molecule has 1 aromatic carbocycles. The number of benzene rings is 1. The highest BCUT2D eigenvalue weighted by Gasteiger charge is 2.31. The Morgan fingerprint density at radius 2 is 1.11 bits per heavy atom. The molecule has 0 N–H and O–H groups in total. The average Bonchev–Trinajstić information content (AvgIpc) is 2.94. The van der Waals surface area contributed by atoms with Crippen molar-refractivity contribution in [2.24, 2.45) is 29.6 Å². The molecule has 0 unspecified atom stereocenters. The van der Waals surface area contributed by atoms with Crippen molar-refractivity contribution in [1.82, 2.24) is 0 Å². The zero-order valence-electron chi connectivity index (χ0n) is 23.7. The van der Waals surface area contributed by atoms with Gasteiger partial charge in [-0.05, 0) is 117 Å². The molecule has 3 aliphatic rings. The van der Waals surface area contributed by atoms with E-state index >= 15 is 0 Å². The van der Waals surface area contributed by atoms with Gasteiger partial charge in [-0.2, -0.15) is 0 Å². The minimum absolute atomic E-state index is 0.794. The second-order valence-electron chi connectivity index (χ2n) is 13.2. The Balaban J connectivity index is 1.07. The fourth-order valence-corrected chi connectivity index (χ4v) is 8.40. The van der Waals surface area contributed by atoms with E-state index in [4.69, 9.17) is 11.6 Å². The summed E-state index contributed by atoms with van der Waals surface area (Å²) in [5.41, 5.74) is 3.09. The van der Waals surface area contributed by atoms with Crippen molar-refractivity contribution in [1.29, 1.82) is 0 Å². The lowest BCUT2D eigenvalue weighted by Crippen LogP contribution is -2.26. The molecular formula is C35H57Cl. The van der Waals surface area contributed by atoms with Gasteiger partial charge in [0.05, 0.1) is 0 Å². The first-order valence-electron chi connectivity index (χ1n) is 16.4. The molecule has 3 fully saturated rings. The average molecular weight is 513 g/mol. The Hall–Kier alpha value is -0.490. The van der Waals surface area contributed by atoms with Gasteiger partial charge in [-0.3, -0.25) is 0 Å². The molecule has 36 heavy (non-hydrogen) atoms. The van der Waals surface area contributed by atoms with E-state index in [0.29, 0.717) is 0 Å². The number of hydrogen-bond donors (Lipinski definition) is 0. The molecule has 4 rings (SSSR count). The van der Waals surface area contributed by atoms with Crippen LogP contribution in [0.5, 0.6) is 0 Å². The molecule has 1 aromatic rings. The number of hydrogen-bond acceptors (Lipinski definition) is 0. The number of rotatable bonds is 13. The first-order chi connectivity index (χ1) is 17.7. The van der Waals surface area contributed by atoms with Crippen molar-refractivity contribution in [3.05, 3.63) is 35.4 Å². The maximum Gasteiger partial charge on any atom is 0.0223 e. The molecule has 0 aromatic heterocycles. The molecular weight excluding hydrogens is 456 g/mol. The fraction of sp³-hybridized carbons (Fsp3) is 0.829. The topological polar surface area (TPSA) is 0 Å². The van der Waals surface area contributed by atoms with Gasteiger partial charge in [0, 0.05) is 5.88 Å². The molecule has 3 saturated carbocycles. The van der Waals surface area contributed by atoms with Crippen molar-refractivity contribution in [2.45, 2.75) is 148 Å². The van der Waals surface area contributed by atoms with Gasteiger partial charge in [0.2, 0.25) is 0 Å². The lowest BCUT2D eigenvalue weighted by molar-refractivity contribution is 0.136. The Labute approximate surface area is 229 Å². The molecule has 3 aliphatic carbocycles. The second-order valence-corrected chi connectivity index (χ2v) is 13.6. The van der Waals surface area contributed by atoms with E-state index in [2.05, 4.69) is 31.2 Å². The number of alkyl halides is 1. The molecule has 0 heterocycles. The van der Waals surface area contributed by atoms with Gasteiger partial charge in [-0.15, -0.1) is 11.6 Å². The monoisotopic (exact) mass is 512 g/mol. The summed E-state index contributed by atoms with van der Waals surface area (Å²) in [6.45, 7) is 2.34. The van der Waals surface area contributed by atoms with E-state index in [1.807, 2.05) is 0 Å². The van der Waals surface area contributed by atoms with Crippen LogP contribution in [0.3, 0.4) is 0 Å². The van der Waals surface area contributed by atoms with Crippen LogP contribution in [0.4, 0.5) is 0 Å². The first-order valence-corrected chi connectivity index (χ1v) is 16.9. The van der Waals surface area contributed by atoms with Gasteiger partial charge >= 0.3 is 0 Å². The maximum atomic E-state index is 5.83. The summed E-state index contributed by atoms with van der Waals surface area (Å²) in [6, 6.07) is 9.62. The Bertz CT molecular complexity index is 684. The first kappa shape index (κ1) is 28.5. The van der Waals surface area contributed by atoms with Crippen molar-refractivity contribution >= 4 is 11.6 Å². The third-order valence-corrected chi connectivity index (χ3v) is 11.1. The fourth-order valence-electron chi connectivity index (χ4n) is 8.22. The standard InChI is InChI=1S/C35H57Cl/c1-2-3-4-7-28-11-19-32(20-12-28)34-23-15-30(16-24-34)9-10-31-17-25-35(26-18-31)33-21-13-29(14-22-33)8-5-6-27-36/h13-14,21-22,28,30-32,34-35H,2-12,15-20,23-27H2,1H3. The van der Waals surface area contributed by atoms with Crippen LogP contribution in [0.1, 0.15) is 152 Å². The zero-order valence-corrected chi connectivity index (χ0v) is 24.5. The van der Waals surface area contributed by atoms with Crippen molar-refractivity contribution < 1.29 is 0 Å². The molecule has 0 saturated heterocycles. The van der Waals surface area contributed by atoms with Gasteiger partial charge in [0.25, 0.3) is 0 Å². The van der Waals surface area contributed by atoms with Crippen LogP contribution in [0.25, 0.3) is 0 Å². The summed E-state index contributed by atoms with van der Waals surface area (Å²) in [5, 5.41) is 0. The SMILES string of the molecule is CCCCCC1CCC(C2CCC(CCC3CCC(c4ccc(CCCCCl)cc4)CC3)CC2)CC1. The van der Waals surface area contributed by atoms with Gasteiger partial charge in [-0.25, -0.2) is 0 Å². The summed E-state index contributed by atoms with van der Waals surface area (Å²) in [4.78, 5) is 0. The molecule has 0 spiro atoms. The van der Waals surface area contributed by atoms with Crippen LogP contribution >= 0.6 is 11.6 Å². The lowest BCUT2D eigenvalue weighted by atomic mass is 9.67. The summed E-state index contributed by atoms with van der Waals surface area (Å²) >= 11 is 5.83. The molecule has 204 valence electrons. The van der Waals surface area contributed by atoms with Crippen LogP contribution < -0.4 is 0 Å². The summed E-state index contributed by atoms with van der Waals surface area (Å²) in [7, 11) is 0. The normalized spacial score (nSPS) is 31.4. The molecule has 1 heteroatoms. The summed E-state index contributed by atoms with van der Waals surface area (Å²) in [6.07, 6.45) is 30.7. The van der Waals surface area contributed by atoms with Crippen LogP contribution in [0, 0.1) is 29.6 Å². The van der Waals surface area contributed by atoms with E-state index in [9.17, 15) is 0 Å². The van der Waals surface area contributed by atoms with Gasteiger partial charge < -0.3 is 0 Å². The minimum atomic E-state index is 0.794. The molecule has 0 radical (unpaired) electrons. The summed E-state index contributed by atoms with van der Waals surface area (Å²) in [5.74, 6) is 6.92. The predicted octanol–water partition coefficient (Wildman–Crippen LogP) is 11.5. The van der Waals surface area contributed by atoms with Crippen molar-refractivity contribution in [3.63, 3.8) is 0 Å². The van der Waals surface area contributed by atoms with E-state index in [1.165, 1.54) is 82.6 Å². The van der Waals surface area contributed by atoms with Crippen LogP contribution in [0.15, 0.2) is 24.3 Å². The molecule has 0 nitrogen and oxygen atoms in total. The van der Waals surface area contributed by atoms with E-state index in [1.54, 1.807) is 56.9 Å². The highest BCUT2D eigenvalue weighted by molar-refractivity contribution is 6.17. The second kappa shape index (κ2) is 15.8. The lowest BCUT2D eigenvalue weighted by Gasteiger charge is -2.38. The Kier molecular flexibility index (Phi) is 12.5. The van der Waals surface area contributed by atoms with Crippen molar-refractivity contribution in [3.8, 4) is 0 Å². The zero-order chi connectivity index (χ0) is 25.0.